The van der Waals surface area contributed by atoms with Gasteiger partial charge in [0, 0.05) is 12.3 Å². The number of carbonyl (C=O) groups excluding carboxylic acids is 2. The monoisotopic (exact) mass is 315 g/mol. The summed E-state index contributed by atoms with van der Waals surface area (Å²) in [5.74, 6) is -0.989. The lowest BCUT2D eigenvalue weighted by Gasteiger charge is -1.90. The Bertz CT molecular complexity index is 679. The van der Waals surface area contributed by atoms with Crippen molar-refractivity contribution in [2.45, 2.75) is 0 Å². The van der Waals surface area contributed by atoms with E-state index in [0.29, 0.717) is 5.17 Å². The zero-order valence-corrected chi connectivity index (χ0v) is 12.5. The molecule has 1 aromatic rings. The number of ether oxygens (including phenoxy) is 1. The second-order valence-electron chi connectivity index (χ2n) is 4.03. The maximum absolute atomic E-state index is 11.6. The van der Waals surface area contributed by atoms with Crippen LogP contribution in [0, 0.1) is 0 Å². The molecule has 1 N–H and O–H groups in total. The van der Waals surface area contributed by atoms with E-state index >= 15 is 0 Å². The van der Waals surface area contributed by atoms with Gasteiger partial charge in [0.05, 0.1) is 12.0 Å². The molecule has 22 heavy (non-hydrogen) atoms. The summed E-state index contributed by atoms with van der Waals surface area (Å²) >= 11 is 1.03. The minimum Gasteiger partial charge on any atom is -0.466 e. The zero-order chi connectivity index (χ0) is 15.8. The largest absolute Gasteiger partial charge is 0.466 e. The molecule has 7 heteroatoms. The highest BCUT2D eigenvalue weighted by atomic mass is 32.2. The standard InChI is InChI=1S/C15H13N3O3S/c1-21-13(19)10-12-14(20)17-15(22-12)18-16-9-5-8-11-6-3-2-4-7-11/h2-10H,1H3,(H,17,18,20)/b8-5+,12-10-,16-9+. The maximum atomic E-state index is 11.6. The minimum atomic E-state index is -0.590. The van der Waals surface area contributed by atoms with Gasteiger partial charge >= 0.3 is 5.97 Å². The zero-order valence-electron chi connectivity index (χ0n) is 11.7. The van der Waals surface area contributed by atoms with E-state index in [1.54, 1.807) is 6.08 Å². The number of hydrogen-bond acceptors (Lipinski definition) is 6. The van der Waals surface area contributed by atoms with Crippen molar-refractivity contribution in [3.05, 3.63) is 53.0 Å². The van der Waals surface area contributed by atoms with Crippen LogP contribution < -0.4 is 5.32 Å². The lowest BCUT2D eigenvalue weighted by Crippen LogP contribution is -2.19. The van der Waals surface area contributed by atoms with Gasteiger partial charge in [-0.2, -0.15) is 5.10 Å². The average molecular weight is 315 g/mol. The van der Waals surface area contributed by atoms with Gasteiger partial charge in [-0.25, -0.2) is 4.79 Å². The smallest absolute Gasteiger partial charge is 0.331 e. The van der Waals surface area contributed by atoms with Gasteiger partial charge in [0.2, 0.25) is 0 Å². The van der Waals surface area contributed by atoms with Crippen molar-refractivity contribution in [2.24, 2.45) is 10.2 Å². The molecule has 0 atom stereocenters. The number of nitrogens with zero attached hydrogens (tertiary/aromatic N) is 2. The van der Waals surface area contributed by atoms with Crippen molar-refractivity contribution >= 4 is 41.1 Å². The Morgan fingerprint density at radius 2 is 2.09 bits per heavy atom. The Balaban J connectivity index is 1.93. The molecule has 0 unspecified atom stereocenters. The first-order chi connectivity index (χ1) is 10.7. The maximum Gasteiger partial charge on any atom is 0.331 e. The van der Waals surface area contributed by atoms with Crippen molar-refractivity contribution in [3.8, 4) is 0 Å². The number of nitrogens with one attached hydrogen (secondary N) is 1. The van der Waals surface area contributed by atoms with Crippen LogP contribution >= 0.6 is 11.8 Å². The second-order valence-corrected chi connectivity index (χ2v) is 5.06. The van der Waals surface area contributed by atoms with E-state index in [2.05, 4.69) is 20.3 Å². The van der Waals surface area contributed by atoms with Crippen LogP contribution in [-0.4, -0.2) is 30.4 Å². The van der Waals surface area contributed by atoms with Crippen molar-refractivity contribution < 1.29 is 14.3 Å². The molecule has 1 amide bonds. The van der Waals surface area contributed by atoms with Gasteiger partial charge in [-0.15, -0.1) is 5.10 Å². The molecule has 1 aliphatic rings. The summed E-state index contributed by atoms with van der Waals surface area (Å²) in [6.07, 6.45) is 6.24. The third-order valence-electron chi connectivity index (χ3n) is 2.49. The molecule has 1 heterocycles. The van der Waals surface area contributed by atoms with Gasteiger partial charge in [-0.05, 0) is 23.4 Å². The molecule has 1 saturated heterocycles. The molecular weight excluding hydrogens is 302 g/mol. The van der Waals surface area contributed by atoms with Crippen LogP contribution in [0.4, 0.5) is 0 Å². The van der Waals surface area contributed by atoms with Crippen molar-refractivity contribution in [3.63, 3.8) is 0 Å². The molecule has 1 aromatic carbocycles. The quantitative estimate of drug-likeness (QED) is 0.399. The molecule has 0 saturated carbocycles. The van der Waals surface area contributed by atoms with Crippen LogP contribution in [0.5, 0.6) is 0 Å². The number of benzene rings is 1. The van der Waals surface area contributed by atoms with Crippen LogP contribution in [0.15, 0.2) is 57.6 Å². The Labute approximate surface area is 131 Å². The lowest BCUT2D eigenvalue weighted by atomic mass is 10.2. The van der Waals surface area contributed by atoms with Crippen LogP contribution in [0.2, 0.25) is 0 Å². The fourth-order valence-corrected chi connectivity index (χ4v) is 2.22. The van der Waals surface area contributed by atoms with Crippen LogP contribution in [0.1, 0.15) is 5.56 Å². The highest BCUT2D eigenvalue weighted by Crippen LogP contribution is 2.23. The SMILES string of the molecule is COC(=O)/C=C1\S/C(=N/N=C/C=C/c2ccccc2)NC1=O. The van der Waals surface area contributed by atoms with Gasteiger partial charge < -0.3 is 4.74 Å². The molecule has 0 bridgehead atoms. The summed E-state index contributed by atoms with van der Waals surface area (Å²) < 4.78 is 4.46. The summed E-state index contributed by atoms with van der Waals surface area (Å²) in [4.78, 5) is 22.9. The highest BCUT2D eigenvalue weighted by Gasteiger charge is 2.24. The number of methoxy groups -OCH3 is 1. The van der Waals surface area contributed by atoms with Gasteiger partial charge in [-0.3, -0.25) is 10.1 Å². The average Bonchev–Trinajstić information content (AvgIpc) is 2.87. The van der Waals surface area contributed by atoms with E-state index in [0.717, 1.165) is 23.4 Å². The van der Waals surface area contributed by atoms with Gasteiger partial charge in [0.15, 0.2) is 5.17 Å². The number of thioether (sulfide) groups is 1. The normalized spacial score (nSPS) is 18.5. The summed E-state index contributed by atoms with van der Waals surface area (Å²) in [7, 11) is 1.25. The van der Waals surface area contributed by atoms with Crippen LogP contribution in [-0.2, 0) is 14.3 Å². The van der Waals surface area contributed by atoms with E-state index in [-0.39, 0.29) is 4.91 Å². The summed E-state index contributed by atoms with van der Waals surface area (Å²) in [6.45, 7) is 0. The van der Waals surface area contributed by atoms with E-state index in [1.807, 2.05) is 36.4 Å². The van der Waals surface area contributed by atoms with Crippen molar-refractivity contribution in [1.29, 1.82) is 0 Å². The van der Waals surface area contributed by atoms with Crippen molar-refractivity contribution in [1.82, 2.24) is 5.32 Å². The second kappa shape index (κ2) is 7.94. The van der Waals surface area contributed by atoms with Gasteiger partial charge in [0.1, 0.15) is 0 Å². The van der Waals surface area contributed by atoms with Crippen molar-refractivity contribution in [2.75, 3.05) is 7.11 Å². The third kappa shape index (κ3) is 4.71. The Hall–Kier alpha value is -2.67. The van der Waals surface area contributed by atoms with E-state index in [4.69, 9.17) is 0 Å². The Kier molecular flexibility index (Phi) is 5.67. The molecule has 6 nitrogen and oxygen atoms in total. The number of carbonyl (C=O) groups is 2. The molecule has 0 aromatic heterocycles. The molecule has 0 spiro atoms. The first-order valence-corrected chi connectivity index (χ1v) is 7.12. The molecule has 112 valence electrons. The first kappa shape index (κ1) is 15.7. The summed E-state index contributed by atoms with van der Waals surface area (Å²) in [5, 5.41) is 10.5. The number of esters is 1. The molecule has 1 aliphatic heterocycles. The summed E-state index contributed by atoms with van der Waals surface area (Å²) in [5.41, 5.74) is 1.05. The van der Waals surface area contributed by atoms with E-state index in [1.165, 1.54) is 13.3 Å². The third-order valence-corrected chi connectivity index (χ3v) is 3.39. The Morgan fingerprint density at radius 3 is 2.82 bits per heavy atom. The van der Waals surface area contributed by atoms with E-state index < -0.39 is 11.9 Å². The predicted octanol–water partition coefficient (Wildman–Crippen LogP) is 1.96. The molecule has 1 fully saturated rings. The fraction of sp³-hybridized carbons (Fsp3) is 0.0667. The number of allylic oxidation sites excluding steroid dienone is 1. The topological polar surface area (TPSA) is 80.1 Å². The lowest BCUT2D eigenvalue weighted by molar-refractivity contribution is -0.135. The Morgan fingerprint density at radius 1 is 1.32 bits per heavy atom. The predicted molar refractivity (Wildman–Crippen MR) is 87.2 cm³/mol. The summed E-state index contributed by atoms with van der Waals surface area (Å²) in [6, 6.07) is 9.75. The minimum absolute atomic E-state index is 0.223. The number of rotatable bonds is 4. The van der Waals surface area contributed by atoms with Gasteiger partial charge in [0.25, 0.3) is 5.91 Å². The van der Waals surface area contributed by atoms with E-state index in [9.17, 15) is 9.59 Å². The van der Waals surface area contributed by atoms with Crippen LogP contribution in [0.25, 0.3) is 6.08 Å². The molecular formula is C15H13N3O3S. The molecule has 2 rings (SSSR count). The van der Waals surface area contributed by atoms with Gasteiger partial charge in [-0.1, -0.05) is 36.4 Å². The highest BCUT2D eigenvalue weighted by molar-refractivity contribution is 8.18. The fourth-order valence-electron chi connectivity index (χ4n) is 1.48. The molecule has 0 aliphatic carbocycles. The van der Waals surface area contributed by atoms with Crippen LogP contribution in [0.3, 0.4) is 0 Å². The number of hydrogen-bond donors (Lipinski definition) is 1. The number of amidine groups is 1. The molecule has 0 radical (unpaired) electrons. The first-order valence-electron chi connectivity index (χ1n) is 6.30. The number of amides is 1.